The standard InChI is InChI=1S/C29H34FN5O2/c1-18-4-7-21(36)13-22(18)25-24(30)26-23(14-31-25)27(34-15-19-5-6-20(12-19)16-34)33-28(32-26)37-17-29-8-2-10-35(29)11-3-9-29/h4,7,13-14,19-20,36H,2-3,5-6,8-12,15-17H2,1H3. The van der Waals surface area contributed by atoms with E-state index in [4.69, 9.17) is 9.72 Å². The van der Waals surface area contributed by atoms with E-state index < -0.39 is 5.82 Å². The number of hydrogen-bond donors (Lipinski definition) is 1. The summed E-state index contributed by atoms with van der Waals surface area (Å²) >= 11 is 0. The molecule has 4 fully saturated rings. The van der Waals surface area contributed by atoms with E-state index in [0.29, 0.717) is 29.4 Å². The van der Waals surface area contributed by atoms with Crippen LogP contribution < -0.4 is 9.64 Å². The monoisotopic (exact) mass is 503 g/mol. The average Bonchev–Trinajstić information content (AvgIpc) is 3.58. The SMILES string of the molecule is Cc1ccc(O)cc1-c1ncc2c(N3CC4CCC(C4)C3)nc(OCC34CCCN3CCC4)nc2c1F. The van der Waals surface area contributed by atoms with Crippen LogP contribution in [0.4, 0.5) is 10.2 Å². The minimum atomic E-state index is -0.499. The fourth-order valence-corrected chi connectivity index (χ4v) is 7.42. The predicted molar refractivity (Wildman–Crippen MR) is 140 cm³/mol. The minimum Gasteiger partial charge on any atom is -0.508 e. The highest BCUT2D eigenvalue weighted by Gasteiger charge is 2.45. The Labute approximate surface area is 216 Å². The van der Waals surface area contributed by atoms with Gasteiger partial charge in [0.2, 0.25) is 0 Å². The summed E-state index contributed by atoms with van der Waals surface area (Å²) in [4.78, 5) is 18.9. The van der Waals surface area contributed by atoms with Crippen molar-refractivity contribution in [2.75, 3.05) is 37.7 Å². The lowest BCUT2D eigenvalue weighted by Gasteiger charge is -2.34. The van der Waals surface area contributed by atoms with Crippen LogP contribution in [0.5, 0.6) is 11.8 Å². The first kappa shape index (κ1) is 23.1. The summed E-state index contributed by atoms with van der Waals surface area (Å²) in [5.41, 5.74) is 1.88. The number of nitrogens with zero attached hydrogens (tertiary/aromatic N) is 5. The minimum absolute atomic E-state index is 0.0589. The molecule has 0 amide bonds. The molecule has 5 heterocycles. The Balaban J connectivity index is 1.32. The van der Waals surface area contributed by atoms with E-state index in [9.17, 15) is 5.11 Å². The van der Waals surface area contributed by atoms with Crippen molar-refractivity contribution >= 4 is 16.7 Å². The molecule has 2 atom stereocenters. The first-order valence-electron chi connectivity index (χ1n) is 13.8. The number of aromatic hydroxyl groups is 1. The molecule has 1 N–H and O–H groups in total. The molecule has 3 aromatic rings. The molecule has 3 aliphatic heterocycles. The highest BCUT2D eigenvalue weighted by molar-refractivity contribution is 5.92. The van der Waals surface area contributed by atoms with Crippen LogP contribution in [0.25, 0.3) is 22.2 Å². The van der Waals surface area contributed by atoms with Crippen molar-refractivity contribution in [3.8, 4) is 23.0 Å². The molecule has 0 spiro atoms. The van der Waals surface area contributed by atoms with Crippen LogP contribution in [-0.2, 0) is 0 Å². The van der Waals surface area contributed by atoms with Gasteiger partial charge in [0.05, 0.1) is 10.9 Å². The van der Waals surface area contributed by atoms with E-state index in [1.807, 2.05) is 6.92 Å². The number of fused-ring (bicyclic) bond motifs is 4. The van der Waals surface area contributed by atoms with Gasteiger partial charge in [0, 0.05) is 24.8 Å². The lowest BCUT2D eigenvalue weighted by atomic mass is 9.95. The van der Waals surface area contributed by atoms with E-state index in [1.165, 1.54) is 32.1 Å². The fourth-order valence-electron chi connectivity index (χ4n) is 7.42. The first-order valence-corrected chi connectivity index (χ1v) is 13.8. The molecule has 4 aliphatic rings. The summed E-state index contributed by atoms with van der Waals surface area (Å²) in [6, 6.07) is 5.18. The average molecular weight is 504 g/mol. The Morgan fingerprint density at radius 1 is 1.11 bits per heavy atom. The summed E-state index contributed by atoms with van der Waals surface area (Å²) in [5, 5.41) is 10.7. The van der Waals surface area contributed by atoms with Crippen molar-refractivity contribution in [3.63, 3.8) is 0 Å². The van der Waals surface area contributed by atoms with Crippen LogP contribution in [0.15, 0.2) is 24.4 Å². The van der Waals surface area contributed by atoms with E-state index in [-0.39, 0.29) is 28.5 Å². The maximum absolute atomic E-state index is 16.2. The molecular weight excluding hydrogens is 469 g/mol. The molecule has 2 aromatic heterocycles. The van der Waals surface area contributed by atoms with E-state index in [1.54, 1.807) is 24.4 Å². The zero-order valence-corrected chi connectivity index (χ0v) is 21.4. The molecule has 1 aromatic carbocycles. The van der Waals surface area contributed by atoms with Crippen molar-refractivity contribution in [3.05, 3.63) is 35.8 Å². The highest BCUT2D eigenvalue weighted by atomic mass is 19.1. The first-order chi connectivity index (χ1) is 18.0. The van der Waals surface area contributed by atoms with Gasteiger partial charge >= 0.3 is 6.01 Å². The molecule has 3 saturated heterocycles. The van der Waals surface area contributed by atoms with Gasteiger partial charge in [-0.15, -0.1) is 0 Å². The van der Waals surface area contributed by atoms with Crippen LogP contribution in [-0.4, -0.2) is 63.3 Å². The topological polar surface area (TPSA) is 74.6 Å². The van der Waals surface area contributed by atoms with Crippen LogP contribution >= 0.6 is 0 Å². The highest BCUT2D eigenvalue weighted by Crippen LogP contribution is 2.42. The van der Waals surface area contributed by atoms with Gasteiger partial charge in [0.15, 0.2) is 5.82 Å². The summed E-state index contributed by atoms with van der Waals surface area (Å²) in [5.74, 6) is 1.62. The number of benzene rings is 1. The summed E-state index contributed by atoms with van der Waals surface area (Å²) < 4.78 is 22.5. The van der Waals surface area contributed by atoms with Gasteiger partial charge in [-0.1, -0.05) is 6.07 Å². The number of anilines is 1. The molecule has 0 radical (unpaired) electrons. The largest absolute Gasteiger partial charge is 0.508 e. The molecule has 2 unspecified atom stereocenters. The third-order valence-corrected chi connectivity index (χ3v) is 9.31. The van der Waals surface area contributed by atoms with Crippen molar-refractivity contribution in [2.24, 2.45) is 11.8 Å². The summed E-state index contributed by atoms with van der Waals surface area (Å²) in [6.45, 7) is 6.52. The summed E-state index contributed by atoms with van der Waals surface area (Å²) in [7, 11) is 0. The van der Waals surface area contributed by atoms with Crippen LogP contribution in [0.1, 0.15) is 50.5 Å². The Morgan fingerprint density at radius 2 is 1.86 bits per heavy atom. The van der Waals surface area contributed by atoms with E-state index >= 15 is 4.39 Å². The number of phenols is 1. The third-order valence-electron chi connectivity index (χ3n) is 9.31. The molecule has 194 valence electrons. The van der Waals surface area contributed by atoms with Gasteiger partial charge in [0.1, 0.15) is 29.4 Å². The maximum atomic E-state index is 16.2. The normalized spacial score (nSPS) is 24.6. The number of halogens is 1. The number of phenolic OH excluding ortho intramolecular Hbond substituents is 1. The number of pyridine rings is 1. The predicted octanol–water partition coefficient (Wildman–Crippen LogP) is 5.09. The smallest absolute Gasteiger partial charge is 0.319 e. The number of aryl methyl sites for hydroxylation is 1. The van der Waals surface area contributed by atoms with Crippen molar-refractivity contribution in [2.45, 2.75) is 57.4 Å². The van der Waals surface area contributed by atoms with Gasteiger partial charge in [0.25, 0.3) is 0 Å². The van der Waals surface area contributed by atoms with Crippen molar-refractivity contribution in [1.29, 1.82) is 0 Å². The second-order valence-corrected chi connectivity index (χ2v) is 11.7. The second kappa shape index (κ2) is 8.79. The maximum Gasteiger partial charge on any atom is 0.319 e. The fraction of sp³-hybridized carbons (Fsp3) is 0.552. The van der Waals surface area contributed by atoms with Crippen LogP contribution in [0.3, 0.4) is 0 Å². The number of aromatic nitrogens is 3. The van der Waals surface area contributed by atoms with E-state index in [0.717, 1.165) is 50.4 Å². The molecule has 37 heavy (non-hydrogen) atoms. The lowest BCUT2D eigenvalue weighted by molar-refractivity contribution is 0.108. The van der Waals surface area contributed by atoms with Gasteiger partial charge < -0.3 is 14.7 Å². The number of piperidine rings is 1. The van der Waals surface area contributed by atoms with Crippen LogP contribution in [0.2, 0.25) is 0 Å². The quantitative estimate of drug-likeness (QED) is 0.520. The van der Waals surface area contributed by atoms with Crippen LogP contribution in [0, 0.1) is 24.6 Å². The third kappa shape index (κ3) is 3.92. The molecule has 2 bridgehead atoms. The van der Waals surface area contributed by atoms with Crippen molar-refractivity contribution < 1.29 is 14.2 Å². The lowest BCUT2D eigenvalue weighted by Crippen LogP contribution is -2.43. The molecule has 7 rings (SSSR count). The molecule has 7 nitrogen and oxygen atoms in total. The molecular formula is C29H34FN5O2. The van der Waals surface area contributed by atoms with E-state index in [2.05, 4.69) is 19.8 Å². The number of ether oxygens (including phenoxy) is 1. The Kier molecular flexibility index (Phi) is 5.50. The summed E-state index contributed by atoms with van der Waals surface area (Å²) in [6.07, 6.45) is 10.1. The van der Waals surface area contributed by atoms with Gasteiger partial charge in [-0.2, -0.15) is 9.97 Å². The zero-order chi connectivity index (χ0) is 25.1. The van der Waals surface area contributed by atoms with Gasteiger partial charge in [-0.3, -0.25) is 9.88 Å². The Morgan fingerprint density at radius 3 is 2.62 bits per heavy atom. The number of hydrogen-bond acceptors (Lipinski definition) is 7. The zero-order valence-electron chi connectivity index (χ0n) is 21.4. The Hall–Kier alpha value is -3.00. The molecule has 8 heteroatoms. The number of rotatable bonds is 5. The van der Waals surface area contributed by atoms with Gasteiger partial charge in [-0.05, 0) is 94.5 Å². The second-order valence-electron chi connectivity index (χ2n) is 11.7. The molecule has 1 aliphatic carbocycles. The van der Waals surface area contributed by atoms with Gasteiger partial charge in [-0.25, -0.2) is 4.39 Å². The Bertz CT molecular complexity index is 1340. The van der Waals surface area contributed by atoms with Crippen molar-refractivity contribution in [1.82, 2.24) is 19.9 Å². The molecule has 1 saturated carbocycles.